The Kier molecular flexibility index (Phi) is 7.37. The van der Waals surface area contributed by atoms with Crippen molar-refractivity contribution >= 4 is 21.6 Å². The van der Waals surface area contributed by atoms with Crippen LogP contribution in [0.25, 0.3) is 0 Å². The summed E-state index contributed by atoms with van der Waals surface area (Å²) in [5.41, 5.74) is 3.65. The van der Waals surface area contributed by atoms with E-state index in [1.807, 2.05) is 36.9 Å². The molecule has 3 aromatic rings. The number of para-hydroxylation sites is 1. The Balaban J connectivity index is 1.50. The third-order valence-electron chi connectivity index (χ3n) is 6.61. The van der Waals surface area contributed by atoms with Crippen LogP contribution >= 0.6 is 0 Å². The number of piperidine rings is 1. The van der Waals surface area contributed by atoms with E-state index in [4.69, 9.17) is 0 Å². The van der Waals surface area contributed by atoms with E-state index in [9.17, 15) is 13.2 Å². The average Bonchev–Trinajstić information content (AvgIpc) is 2.84. The van der Waals surface area contributed by atoms with Crippen LogP contribution in [0.15, 0.2) is 83.8 Å². The molecule has 1 saturated heterocycles. The van der Waals surface area contributed by atoms with Gasteiger partial charge in [-0.15, -0.1) is 0 Å². The first-order valence-corrected chi connectivity index (χ1v) is 13.3. The lowest BCUT2D eigenvalue weighted by molar-refractivity contribution is -0.130. The largest absolute Gasteiger partial charge is 0.341 e. The van der Waals surface area contributed by atoms with Gasteiger partial charge in [0.25, 0.3) is 10.0 Å². The summed E-state index contributed by atoms with van der Waals surface area (Å²) < 4.78 is 28.5. The highest BCUT2D eigenvalue weighted by molar-refractivity contribution is 7.92. The van der Waals surface area contributed by atoms with Crippen LogP contribution in [0.1, 0.15) is 29.5 Å². The van der Waals surface area contributed by atoms with Crippen LogP contribution in [0.5, 0.6) is 0 Å². The maximum Gasteiger partial charge on any atom is 0.264 e. The van der Waals surface area contributed by atoms with Gasteiger partial charge in [-0.1, -0.05) is 66.2 Å². The molecule has 0 N–H and O–H groups in total. The van der Waals surface area contributed by atoms with Crippen LogP contribution in [-0.2, 0) is 21.2 Å². The summed E-state index contributed by atoms with van der Waals surface area (Å²) in [6.45, 7) is 4.89. The molecule has 0 spiro atoms. The van der Waals surface area contributed by atoms with Crippen molar-refractivity contribution in [3.05, 3.63) is 95.6 Å². The number of rotatable bonds is 7. The molecule has 178 valence electrons. The second kappa shape index (κ2) is 10.4. The minimum absolute atomic E-state index is 0.155. The van der Waals surface area contributed by atoms with Crippen LogP contribution in [0.4, 0.5) is 5.69 Å². The number of carbonyl (C=O) groups excluding carboxylic acids is 1. The normalized spacial score (nSPS) is 14.7. The Hall–Kier alpha value is -3.12. The third kappa shape index (κ3) is 5.50. The molecule has 0 bridgehead atoms. The highest BCUT2D eigenvalue weighted by Crippen LogP contribution is 2.28. The van der Waals surface area contributed by atoms with Gasteiger partial charge in [0.15, 0.2) is 0 Å². The SMILES string of the molecule is Cc1ccc(S(=O)(=O)N(CC(=O)N2CCC(Cc3ccccc3)CC2)c2ccccc2C)cc1. The van der Waals surface area contributed by atoms with Crippen molar-refractivity contribution in [1.82, 2.24) is 4.90 Å². The molecule has 6 heteroatoms. The van der Waals surface area contributed by atoms with Crippen LogP contribution in [0.3, 0.4) is 0 Å². The van der Waals surface area contributed by atoms with Gasteiger partial charge in [0.2, 0.25) is 5.91 Å². The number of benzene rings is 3. The molecule has 1 amide bonds. The molecule has 0 aromatic heterocycles. The second-order valence-electron chi connectivity index (χ2n) is 9.13. The molecule has 1 aliphatic rings. The maximum atomic E-state index is 13.6. The molecule has 1 aliphatic heterocycles. The van der Waals surface area contributed by atoms with E-state index in [0.29, 0.717) is 24.7 Å². The van der Waals surface area contributed by atoms with Gasteiger partial charge in [-0.05, 0) is 68.4 Å². The van der Waals surface area contributed by atoms with Gasteiger partial charge in [-0.3, -0.25) is 9.10 Å². The summed E-state index contributed by atoms with van der Waals surface area (Å²) >= 11 is 0. The fourth-order valence-corrected chi connectivity index (χ4v) is 6.02. The maximum absolute atomic E-state index is 13.6. The van der Waals surface area contributed by atoms with Crippen molar-refractivity contribution in [2.75, 3.05) is 23.9 Å². The van der Waals surface area contributed by atoms with Gasteiger partial charge < -0.3 is 4.90 Å². The van der Waals surface area contributed by atoms with E-state index in [2.05, 4.69) is 24.3 Å². The van der Waals surface area contributed by atoms with Crippen LogP contribution in [0, 0.1) is 19.8 Å². The van der Waals surface area contributed by atoms with Gasteiger partial charge >= 0.3 is 0 Å². The molecule has 0 aliphatic carbocycles. The van der Waals surface area contributed by atoms with Crippen molar-refractivity contribution in [1.29, 1.82) is 0 Å². The van der Waals surface area contributed by atoms with Gasteiger partial charge in [0.05, 0.1) is 10.6 Å². The van der Waals surface area contributed by atoms with Gasteiger partial charge in [-0.2, -0.15) is 0 Å². The monoisotopic (exact) mass is 476 g/mol. The van der Waals surface area contributed by atoms with Crippen molar-refractivity contribution in [3.8, 4) is 0 Å². The molecule has 0 saturated carbocycles. The Labute approximate surface area is 203 Å². The summed E-state index contributed by atoms with van der Waals surface area (Å²) in [5, 5.41) is 0. The average molecular weight is 477 g/mol. The van der Waals surface area contributed by atoms with E-state index < -0.39 is 10.0 Å². The fraction of sp³-hybridized carbons (Fsp3) is 0.321. The van der Waals surface area contributed by atoms with Gasteiger partial charge in [0, 0.05) is 13.1 Å². The summed E-state index contributed by atoms with van der Waals surface area (Å²) in [6, 6.07) is 24.5. The number of amides is 1. The first kappa shape index (κ1) is 24.0. The number of anilines is 1. The van der Waals surface area contributed by atoms with Crippen LogP contribution < -0.4 is 4.31 Å². The van der Waals surface area contributed by atoms with Crippen molar-refractivity contribution < 1.29 is 13.2 Å². The van der Waals surface area contributed by atoms with E-state index >= 15 is 0 Å². The lowest BCUT2D eigenvalue weighted by atomic mass is 9.90. The zero-order chi connectivity index (χ0) is 24.1. The molecule has 0 unspecified atom stereocenters. The summed E-state index contributed by atoms with van der Waals surface area (Å²) in [6.07, 6.45) is 2.87. The predicted octanol–water partition coefficient (Wildman–Crippen LogP) is 4.98. The van der Waals surface area contributed by atoms with Crippen molar-refractivity contribution in [2.24, 2.45) is 5.92 Å². The predicted molar refractivity (Wildman–Crippen MR) is 136 cm³/mol. The number of hydrogen-bond acceptors (Lipinski definition) is 3. The van der Waals surface area contributed by atoms with Gasteiger partial charge in [-0.25, -0.2) is 8.42 Å². The topological polar surface area (TPSA) is 57.7 Å². The molecule has 1 fully saturated rings. The number of nitrogens with zero attached hydrogens (tertiary/aromatic N) is 2. The highest BCUT2D eigenvalue weighted by atomic mass is 32.2. The minimum Gasteiger partial charge on any atom is -0.341 e. The number of aryl methyl sites for hydroxylation is 2. The molecular weight excluding hydrogens is 444 g/mol. The van der Waals surface area contributed by atoms with Crippen LogP contribution in [-0.4, -0.2) is 38.9 Å². The zero-order valence-corrected chi connectivity index (χ0v) is 20.7. The quantitative estimate of drug-likeness (QED) is 0.483. The summed E-state index contributed by atoms with van der Waals surface area (Å²) in [4.78, 5) is 15.3. The fourth-order valence-electron chi connectivity index (χ4n) is 4.54. The Bertz CT molecular complexity index is 1220. The minimum atomic E-state index is -3.89. The molecule has 0 atom stereocenters. The molecule has 0 radical (unpaired) electrons. The van der Waals surface area contributed by atoms with E-state index in [-0.39, 0.29) is 17.3 Å². The summed E-state index contributed by atoms with van der Waals surface area (Å²) in [7, 11) is -3.89. The van der Waals surface area contributed by atoms with Crippen molar-refractivity contribution in [3.63, 3.8) is 0 Å². The Morgan fingerprint density at radius 2 is 1.50 bits per heavy atom. The van der Waals surface area contributed by atoms with Crippen LogP contribution in [0.2, 0.25) is 0 Å². The van der Waals surface area contributed by atoms with E-state index in [0.717, 1.165) is 30.4 Å². The third-order valence-corrected chi connectivity index (χ3v) is 8.38. The first-order valence-electron chi connectivity index (χ1n) is 11.8. The molecule has 3 aromatic carbocycles. The number of sulfonamides is 1. The standard InChI is InChI=1S/C28H32N2O3S/c1-22-12-14-26(15-13-22)34(32,33)30(27-11-7-6-8-23(27)2)21-28(31)29-18-16-25(17-19-29)20-24-9-4-3-5-10-24/h3-15,25H,16-21H2,1-2H3. The van der Waals surface area contributed by atoms with Crippen molar-refractivity contribution in [2.45, 2.75) is 38.0 Å². The van der Waals surface area contributed by atoms with Gasteiger partial charge in [0.1, 0.15) is 6.54 Å². The molecule has 5 nitrogen and oxygen atoms in total. The Morgan fingerprint density at radius 1 is 0.882 bits per heavy atom. The number of likely N-dealkylation sites (tertiary alicyclic amines) is 1. The summed E-state index contributed by atoms with van der Waals surface area (Å²) in [5.74, 6) is 0.382. The molecule has 4 rings (SSSR count). The molecule has 34 heavy (non-hydrogen) atoms. The lowest BCUT2D eigenvalue weighted by Crippen LogP contribution is -2.46. The number of hydrogen-bond donors (Lipinski definition) is 0. The molecular formula is C28H32N2O3S. The Morgan fingerprint density at radius 3 is 2.15 bits per heavy atom. The zero-order valence-electron chi connectivity index (χ0n) is 19.9. The van der Waals surface area contributed by atoms with E-state index in [1.165, 1.54) is 9.87 Å². The smallest absolute Gasteiger partial charge is 0.264 e. The van der Waals surface area contributed by atoms with E-state index in [1.54, 1.807) is 36.4 Å². The molecule has 1 heterocycles. The first-order chi connectivity index (χ1) is 16.3. The number of carbonyl (C=O) groups is 1. The lowest BCUT2D eigenvalue weighted by Gasteiger charge is -2.34. The highest BCUT2D eigenvalue weighted by Gasteiger charge is 2.31. The second-order valence-corrected chi connectivity index (χ2v) is 11.0.